The Balaban J connectivity index is 1.64. The van der Waals surface area contributed by atoms with E-state index in [9.17, 15) is 4.79 Å². The van der Waals surface area contributed by atoms with Gasteiger partial charge in [-0.15, -0.1) is 0 Å². The van der Waals surface area contributed by atoms with Crippen LogP contribution in [-0.4, -0.2) is 38.1 Å². The zero-order valence-corrected chi connectivity index (χ0v) is 15.0. The highest BCUT2D eigenvalue weighted by molar-refractivity contribution is 6.03. The second kappa shape index (κ2) is 8.01. The zero-order chi connectivity index (χ0) is 17.6. The molecule has 1 aliphatic rings. The summed E-state index contributed by atoms with van der Waals surface area (Å²) in [5.74, 6) is -0.181. The minimum absolute atomic E-state index is 0.181. The van der Waals surface area contributed by atoms with Crippen LogP contribution in [0.15, 0.2) is 42.6 Å². The SMILES string of the molecule is CN(C)c1ccc(NC(=O)c2ccc(N3CCCCCC3)cn2)cc1. The fourth-order valence-corrected chi connectivity index (χ4v) is 3.07. The fourth-order valence-electron chi connectivity index (χ4n) is 3.07. The number of rotatable bonds is 4. The first-order chi connectivity index (χ1) is 12.1. The monoisotopic (exact) mass is 338 g/mol. The van der Waals surface area contributed by atoms with Gasteiger partial charge in [-0.05, 0) is 49.2 Å². The lowest BCUT2D eigenvalue weighted by Gasteiger charge is -2.22. The molecular weight excluding hydrogens is 312 g/mol. The van der Waals surface area contributed by atoms with E-state index in [-0.39, 0.29) is 5.91 Å². The summed E-state index contributed by atoms with van der Waals surface area (Å²) in [5.41, 5.74) is 3.41. The number of carbonyl (C=O) groups is 1. The van der Waals surface area contributed by atoms with Gasteiger partial charge in [-0.3, -0.25) is 4.79 Å². The molecule has 1 fully saturated rings. The summed E-state index contributed by atoms with van der Waals surface area (Å²) in [5, 5.41) is 2.90. The van der Waals surface area contributed by atoms with Gasteiger partial charge in [0, 0.05) is 38.6 Å². The van der Waals surface area contributed by atoms with Crippen molar-refractivity contribution in [1.29, 1.82) is 0 Å². The molecule has 1 aromatic heterocycles. The number of anilines is 3. The van der Waals surface area contributed by atoms with Crippen LogP contribution in [0.3, 0.4) is 0 Å². The van der Waals surface area contributed by atoms with Gasteiger partial charge in [-0.1, -0.05) is 12.8 Å². The maximum atomic E-state index is 12.4. The van der Waals surface area contributed by atoms with Gasteiger partial charge in [-0.25, -0.2) is 4.98 Å². The molecule has 5 heteroatoms. The summed E-state index contributed by atoms with van der Waals surface area (Å²) in [7, 11) is 3.98. The van der Waals surface area contributed by atoms with Crippen LogP contribution in [0.2, 0.25) is 0 Å². The molecule has 1 aromatic carbocycles. The molecule has 25 heavy (non-hydrogen) atoms. The van der Waals surface area contributed by atoms with E-state index in [2.05, 4.69) is 15.2 Å². The number of amides is 1. The van der Waals surface area contributed by atoms with Gasteiger partial charge in [0.2, 0.25) is 0 Å². The second-order valence-corrected chi connectivity index (χ2v) is 6.70. The second-order valence-electron chi connectivity index (χ2n) is 6.70. The molecule has 0 bridgehead atoms. The Morgan fingerprint density at radius 1 is 1.00 bits per heavy atom. The van der Waals surface area contributed by atoms with Crippen LogP contribution in [0.5, 0.6) is 0 Å². The summed E-state index contributed by atoms with van der Waals surface area (Å²) in [6.07, 6.45) is 6.87. The van der Waals surface area contributed by atoms with Crippen LogP contribution in [0, 0.1) is 0 Å². The van der Waals surface area contributed by atoms with Gasteiger partial charge in [0.05, 0.1) is 11.9 Å². The van der Waals surface area contributed by atoms with Crippen LogP contribution in [-0.2, 0) is 0 Å². The first kappa shape index (κ1) is 17.3. The van der Waals surface area contributed by atoms with Crippen molar-refractivity contribution < 1.29 is 4.79 Å². The molecule has 2 aromatic rings. The van der Waals surface area contributed by atoms with Crippen LogP contribution >= 0.6 is 0 Å². The number of pyridine rings is 1. The van der Waals surface area contributed by atoms with Gasteiger partial charge in [0.25, 0.3) is 5.91 Å². The van der Waals surface area contributed by atoms with E-state index < -0.39 is 0 Å². The van der Waals surface area contributed by atoms with Crippen LogP contribution in [0.4, 0.5) is 17.1 Å². The highest BCUT2D eigenvalue weighted by Crippen LogP contribution is 2.20. The van der Waals surface area contributed by atoms with Gasteiger partial charge in [-0.2, -0.15) is 0 Å². The van der Waals surface area contributed by atoms with Crippen LogP contribution in [0.1, 0.15) is 36.2 Å². The molecule has 0 aliphatic carbocycles. The Labute approximate surface area is 149 Å². The summed E-state index contributed by atoms with van der Waals surface area (Å²) < 4.78 is 0. The minimum Gasteiger partial charge on any atom is -0.378 e. The minimum atomic E-state index is -0.181. The molecule has 2 heterocycles. The Morgan fingerprint density at radius 2 is 1.68 bits per heavy atom. The third-order valence-electron chi connectivity index (χ3n) is 4.59. The molecule has 0 radical (unpaired) electrons. The molecule has 1 saturated heterocycles. The normalized spacial score (nSPS) is 14.7. The third-order valence-corrected chi connectivity index (χ3v) is 4.59. The number of aromatic nitrogens is 1. The zero-order valence-electron chi connectivity index (χ0n) is 15.0. The number of nitrogens with one attached hydrogen (secondary N) is 1. The van der Waals surface area contributed by atoms with E-state index in [0.29, 0.717) is 5.69 Å². The van der Waals surface area contributed by atoms with Crippen molar-refractivity contribution >= 4 is 23.0 Å². The Bertz CT molecular complexity index is 687. The van der Waals surface area contributed by atoms with E-state index in [4.69, 9.17) is 0 Å². The quantitative estimate of drug-likeness (QED) is 0.922. The topological polar surface area (TPSA) is 48.5 Å². The van der Waals surface area contributed by atoms with Crippen molar-refractivity contribution in [3.8, 4) is 0 Å². The molecule has 0 atom stereocenters. The largest absolute Gasteiger partial charge is 0.378 e. The lowest BCUT2D eigenvalue weighted by atomic mass is 10.2. The van der Waals surface area contributed by atoms with Crippen molar-refractivity contribution in [3.05, 3.63) is 48.3 Å². The molecule has 3 rings (SSSR count). The Kier molecular flexibility index (Phi) is 5.53. The number of hydrogen-bond acceptors (Lipinski definition) is 4. The number of carbonyl (C=O) groups excluding carboxylic acids is 1. The third kappa shape index (κ3) is 4.50. The van der Waals surface area contributed by atoms with E-state index in [1.54, 1.807) is 0 Å². The molecule has 0 spiro atoms. The average Bonchev–Trinajstić information content (AvgIpc) is 2.92. The molecule has 5 nitrogen and oxygen atoms in total. The van der Waals surface area contributed by atoms with E-state index in [1.165, 1.54) is 25.7 Å². The molecule has 1 N–H and O–H groups in total. The van der Waals surface area contributed by atoms with Gasteiger partial charge >= 0.3 is 0 Å². The smallest absolute Gasteiger partial charge is 0.274 e. The molecular formula is C20H26N4O. The van der Waals surface area contributed by atoms with Crippen molar-refractivity contribution in [2.45, 2.75) is 25.7 Å². The van der Waals surface area contributed by atoms with Crippen molar-refractivity contribution in [2.24, 2.45) is 0 Å². The predicted molar refractivity (Wildman–Crippen MR) is 104 cm³/mol. The predicted octanol–water partition coefficient (Wildman–Crippen LogP) is 3.78. The van der Waals surface area contributed by atoms with E-state index >= 15 is 0 Å². The molecule has 132 valence electrons. The fraction of sp³-hybridized carbons (Fsp3) is 0.400. The van der Waals surface area contributed by atoms with Gasteiger partial charge in [0.1, 0.15) is 5.69 Å². The van der Waals surface area contributed by atoms with Crippen molar-refractivity contribution in [1.82, 2.24) is 4.98 Å². The first-order valence-electron chi connectivity index (χ1n) is 8.93. The maximum absolute atomic E-state index is 12.4. The average molecular weight is 338 g/mol. The number of nitrogens with zero attached hydrogens (tertiary/aromatic N) is 3. The Morgan fingerprint density at radius 3 is 2.24 bits per heavy atom. The van der Waals surface area contributed by atoms with E-state index in [1.807, 2.05) is 61.6 Å². The summed E-state index contributed by atoms with van der Waals surface area (Å²) in [6, 6.07) is 11.6. The first-order valence-corrected chi connectivity index (χ1v) is 8.93. The lowest BCUT2D eigenvalue weighted by molar-refractivity contribution is 0.102. The number of hydrogen-bond donors (Lipinski definition) is 1. The molecule has 1 amide bonds. The summed E-state index contributed by atoms with van der Waals surface area (Å²) in [6.45, 7) is 2.15. The molecule has 0 unspecified atom stereocenters. The van der Waals surface area contributed by atoms with Gasteiger partial charge < -0.3 is 15.1 Å². The molecule has 0 saturated carbocycles. The standard InChI is InChI=1S/C20H26N4O/c1-23(2)17-9-7-16(8-10-17)22-20(25)19-12-11-18(15-21-19)24-13-5-3-4-6-14-24/h7-12,15H,3-6,13-14H2,1-2H3,(H,22,25). The summed E-state index contributed by atoms with van der Waals surface area (Å²) in [4.78, 5) is 21.1. The molecule has 1 aliphatic heterocycles. The van der Waals surface area contributed by atoms with Crippen LogP contribution < -0.4 is 15.1 Å². The van der Waals surface area contributed by atoms with E-state index in [0.717, 1.165) is 30.2 Å². The van der Waals surface area contributed by atoms with Gasteiger partial charge in [0.15, 0.2) is 0 Å². The summed E-state index contributed by atoms with van der Waals surface area (Å²) >= 11 is 0. The van der Waals surface area contributed by atoms with Crippen LogP contribution in [0.25, 0.3) is 0 Å². The van der Waals surface area contributed by atoms with Crippen molar-refractivity contribution in [3.63, 3.8) is 0 Å². The number of benzene rings is 1. The lowest BCUT2D eigenvalue weighted by Crippen LogP contribution is -2.24. The maximum Gasteiger partial charge on any atom is 0.274 e. The highest BCUT2D eigenvalue weighted by Gasteiger charge is 2.12. The Hall–Kier alpha value is -2.56. The highest BCUT2D eigenvalue weighted by atomic mass is 16.1. The van der Waals surface area contributed by atoms with Crippen molar-refractivity contribution in [2.75, 3.05) is 42.3 Å².